The molecular formula is C8H11FN2. The maximum atomic E-state index is 12.1. The Balaban J connectivity index is 2.74. The first kappa shape index (κ1) is 8.14. The van der Waals surface area contributed by atoms with Gasteiger partial charge in [0.1, 0.15) is 6.67 Å². The minimum absolute atomic E-state index is 0.489. The number of hydrogen-bond donors (Lipinski definition) is 1. The molecule has 0 bridgehead atoms. The van der Waals surface area contributed by atoms with Gasteiger partial charge < -0.3 is 5.32 Å². The standard InChI is InChI=1S/C8H11FN2/c1-10-6-8-4-2-3-7(5-9)11-8/h2-4,10H,5-6H2,1H3. The van der Waals surface area contributed by atoms with Crippen molar-refractivity contribution in [2.24, 2.45) is 0 Å². The van der Waals surface area contributed by atoms with Gasteiger partial charge in [-0.3, -0.25) is 4.98 Å². The highest BCUT2D eigenvalue weighted by molar-refractivity contribution is 5.10. The fraction of sp³-hybridized carbons (Fsp3) is 0.375. The Labute approximate surface area is 65.5 Å². The molecule has 0 saturated heterocycles. The summed E-state index contributed by atoms with van der Waals surface area (Å²) in [5.41, 5.74) is 1.38. The van der Waals surface area contributed by atoms with Gasteiger partial charge in [-0.1, -0.05) is 6.07 Å². The highest BCUT2D eigenvalue weighted by Crippen LogP contribution is 2.00. The van der Waals surface area contributed by atoms with Crippen molar-refractivity contribution in [3.63, 3.8) is 0 Å². The van der Waals surface area contributed by atoms with Crippen molar-refractivity contribution in [3.8, 4) is 0 Å². The average Bonchev–Trinajstić information content (AvgIpc) is 2.06. The number of alkyl halides is 1. The molecule has 0 unspecified atom stereocenters. The van der Waals surface area contributed by atoms with Crippen LogP contribution in [0.1, 0.15) is 11.4 Å². The van der Waals surface area contributed by atoms with Gasteiger partial charge in [-0.15, -0.1) is 0 Å². The van der Waals surface area contributed by atoms with Crippen molar-refractivity contribution >= 4 is 0 Å². The van der Waals surface area contributed by atoms with Crippen LogP contribution >= 0.6 is 0 Å². The minimum Gasteiger partial charge on any atom is -0.314 e. The van der Waals surface area contributed by atoms with Crippen LogP contribution in [-0.2, 0) is 13.2 Å². The predicted molar refractivity (Wildman–Crippen MR) is 41.8 cm³/mol. The summed E-state index contributed by atoms with van der Waals surface area (Å²) < 4.78 is 12.1. The molecule has 0 aliphatic heterocycles. The second kappa shape index (κ2) is 4.03. The van der Waals surface area contributed by atoms with E-state index in [9.17, 15) is 4.39 Å². The molecule has 0 aliphatic carbocycles. The van der Waals surface area contributed by atoms with Gasteiger partial charge in [0.15, 0.2) is 0 Å². The summed E-state index contributed by atoms with van der Waals surface area (Å²) in [5, 5.41) is 2.95. The first-order valence-electron chi connectivity index (χ1n) is 3.52. The van der Waals surface area contributed by atoms with Crippen molar-refractivity contribution in [1.29, 1.82) is 0 Å². The van der Waals surface area contributed by atoms with Crippen LogP contribution < -0.4 is 5.32 Å². The monoisotopic (exact) mass is 154 g/mol. The number of nitrogens with zero attached hydrogens (tertiary/aromatic N) is 1. The summed E-state index contributed by atoms with van der Waals surface area (Å²) in [4.78, 5) is 4.04. The first-order chi connectivity index (χ1) is 5.36. The Morgan fingerprint density at radius 3 is 2.82 bits per heavy atom. The van der Waals surface area contributed by atoms with Crippen LogP contribution in [0.4, 0.5) is 4.39 Å². The van der Waals surface area contributed by atoms with Crippen LogP contribution in [0.3, 0.4) is 0 Å². The first-order valence-corrected chi connectivity index (χ1v) is 3.52. The van der Waals surface area contributed by atoms with Gasteiger partial charge in [0.25, 0.3) is 0 Å². The van der Waals surface area contributed by atoms with E-state index in [1.807, 2.05) is 19.2 Å². The normalized spacial score (nSPS) is 10.0. The highest BCUT2D eigenvalue weighted by atomic mass is 19.1. The van der Waals surface area contributed by atoms with E-state index in [1.54, 1.807) is 6.07 Å². The molecule has 11 heavy (non-hydrogen) atoms. The summed E-state index contributed by atoms with van der Waals surface area (Å²) in [6, 6.07) is 5.36. The Bertz CT molecular complexity index is 225. The van der Waals surface area contributed by atoms with E-state index in [-0.39, 0.29) is 0 Å². The molecule has 60 valence electrons. The minimum atomic E-state index is -0.489. The molecule has 0 spiro atoms. The van der Waals surface area contributed by atoms with Gasteiger partial charge in [-0.05, 0) is 19.2 Å². The lowest BCUT2D eigenvalue weighted by Crippen LogP contribution is -2.07. The Hall–Kier alpha value is -0.960. The van der Waals surface area contributed by atoms with Crippen LogP contribution in [0, 0.1) is 0 Å². The summed E-state index contributed by atoms with van der Waals surface area (Å²) in [6.45, 7) is 0.200. The van der Waals surface area contributed by atoms with Gasteiger partial charge in [0, 0.05) is 6.54 Å². The Morgan fingerprint density at radius 2 is 2.18 bits per heavy atom. The number of nitrogens with one attached hydrogen (secondary N) is 1. The second-order valence-electron chi connectivity index (χ2n) is 2.28. The third kappa shape index (κ3) is 2.27. The van der Waals surface area contributed by atoms with E-state index in [0.29, 0.717) is 12.2 Å². The van der Waals surface area contributed by atoms with Crippen molar-refractivity contribution in [1.82, 2.24) is 10.3 Å². The molecule has 0 aliphatic rings. The fourth-order valence-corrected chi connectivity index (χ4v) is 0.883. The van der Waals surface area contributed by atoms with Crippen LogP contribution in [0.5, 0.6) is 0 Å². The molecule has 1 rings (SSSR count). The van der Waals surface area contributed by atoms with Crippen molar-refractivity contribution < 1.29 is 4.39 Å². The molecule has 1 heterocycles. The number of hydrogen-bond acceptors (Lipinski definition) is 2. The van der Waals surface area contributed by atoms with E-state index < -0.39 is 6.67 Å². The number of rotatable bonds is 3. The van der Waals surface area contributed by atoms with Crippen LogP contribution in [0.25, 0.3) is 0 Å². The van der Waals surface area contributed by atoms with E-state index >= 15 is 0 Å². The molecule has 0 aromatic carbocycles. The lowest BCUT2D eigenvalue weighted by atomic mass is 10.3. The SMILES string of the molecule is CNCc1cccc(CF)n1. The highest BCUT2D eigenvalue weighted by Gasteiger charge is 1.94. The molecule has 0 fully saturated rings. The number of pyridine rings is 1. The average molecular weight is 154 g/mol. The lowest BCUT2D eigenvalue weighted by molar-refractivity contribution is 0.474. The Morgan fingerprint density at radius 1 is 1.45 bits per heavy atom. The Kier molecular flexibility index (Phi) is 2.98. The number of aromatic nitrogens is 1. The van der Waals surface area contributed by atoms with Gasteiger partial charge >= 0.3 is 0 Å². The zero-order valence-electron chi connectivity index (χ0n) is 6.47. The molecule has 1 N–H and O–H groups in total. The van der Waals surface area contributed by atoms with Gasteiger partial charge in [-0.25, -0.2) is 4.39 Å². The third-order valence-corrected chi connectivity index (χ3v) is 1.36. The molecule has 2 nitrogen and oxygen atoms in total. The zero-order valence-corrected chi connectivity index (χ0v) is 6.47. The smallest absolute Gasteiger partial charge is 0.131 e. The van der Waals surface area contributed by atoms with Gasteiger partial charge in [0.05, 0.1) is 11.4 Å². The van der Waals surface area contributed by atoms with Crippen LogP contribution in [0.15, 0.2) is 18.2 Å². The summed E-state index contributed by atoms with van der Waals surface area (Å²) >= 11 is 0. The maximum Gasteiger partial charge on any atom is 0.131 e. The molecule has 0 atom stereocenters. The molecule has 0 amide bonds. The van der Waals surface area contributed by atoms with Crippen molar-refractivity contribution in [2.45, 2.75) is 13.2 Å². The van der Waals surface area contributed by atoms with E-state index in [0.717, 1.165) is 5.69 Å². The molecular weight excluding hydrogens is 143 g/mol. The molecule has 1 aromatic heterocycles. The summed E-state index contributed by atoms with van der Waals surface area (Å²) in [5.74, 6) is 0. The largest absolute Gasteiger partial charge is 0.314 e. The van der Waals surface area contributed by atoms with E-state index in [4.69, 9.17) is 0 Å². The zero-order chi connectivity index (χ0) is 8.10. The summed E-state index contributed by atoms with van der Waals surface area (Å²) in [6.07, 6.45) is 0. The van der Waals surface area contributed by atoms with Crippen LogP contribution in [0.2, 0.25) is 0 Å². The molecule has 0 radical (unpaired) electrons. The van der Waals surface area contributed by atoms with E-state index in [1.165, 1.54) is 0 Å². The topological polar surface area (TPSA) is 24.9 Å². The molecule has 1 aromatic rings. The summed E-state index contributed by atoms with van der Waals surface area (Å²) in [7, 11) is 1.84. The van der Waals surface area contributed by atoms with Crippen molar-refractivity contribution in [3.05, 3.63) is 29.6 Å². The predicted octanol–water partition coefficient (Wildman–Crippen LogP) is 1.27. The van der Waals surface area contributed by atoms with Gasteiger partial charge in [-0.2, -0.15) is 0 Å². The van der Waals surface area contributed by atoms with Crippen LogP contribution in [-0.4, -0.2) is 12.0 Å². The lowest BCUT2D eigenvalue weighted by Gasteiger charge is -1.99. The number of halogens is 1. The quantitative estimate of drug-likeness (QED) is 0.709. The molecule has 0 saturated carbocycles. The van der Waals surface area contributed by atoms with E-state index in [2.05, 4.69) is 10.3 Å². The molecule has 3 heteroatoms. The van der Waals surface area contributed by atoms with Crippen molar-refractivity contribution in [2.75, 3.05) is 7.05 Å². The fourth-order valence-electron chi connectivity index (χ4n) is 0.883. The second-order valence-corrected chi connectivity index (χ2v) is 2.28. The third-order valence-electron chi connectivity index (χ3n) is 1.36. The van der Waals surface area contributed by atoms with Gasteiger partial charge in [0.2, 0.25) is 0 Å². The maximum absolute atomic E-state index is 12.1.